The number of ether oxygens (including phenoxy) is 1. The minimum atomic E-state index is -0.908. The molecule has 152 valence electrons. The zero-order valence-electron chi connectivity index (χ0n) is 16.5. The van der Waals surface area contributed by atoms with Gasteiger partial charge in [-0.2, -0.15) is 0 Å². The van der Waals surface area contributed by atoms with Crippen molar-refractivity contribution in [1.29, 1.82) is 0 Å². The lowest BCUT2D eigenvalue weighted by Gasteiger charge is -2.21. The molecule has 2 aromatic rings. The van der Waals surface area contributed by atoms with Gasteiger partial charge in [-0.3, -0.25) is 9.59 Å². The van der Waals surface area contributed by atoms with Gasteiger partial charge in [0.25, 0.3) is 5.91 Å². The molecule has 1 saturated carbocycles. The molecule has 6 heteroatoms. The molecule has 0 heterocycles. The molecule has 0 saturated heterocycles. The van der Waals surface area contributed by atoms with E-state index in [2.05, 4.69) is 10.6 Å². The van der Waals surface area contributed by atoms with Crippen LogP contribution in [0.15, 0.2) is 54.6 Å². The summed E-state index contributed by atoms with van der Waals surface area (Å²) in [6, 6.07) is 14.7. The van der Waals surface area contributed by atoms with Gasteiger partial charge in [-0.1, -0.05) is 55.7 Å². The monoisotopic (exact) mass is 394 g/mol. The number of rotatable bonds is 6. The summed E-state index contributed by atoms with van der Waals surface area (Å²) >= 11 is 0. The van der Waals surface area contributed by atoms with E-state index in [0.29, 0.717) is 16.8 Å². The van der Waals surface area contributed by atoms with Crippen molar-refractivity contribution in [3.63, 3.8) is 0 Å². The zero-order chi connectivity index (χ0) is 20.6. The number of methoxy groups -OCH3 is 1. The van der Waals surface area contributed by atoms with Crippen LogP contribution in [0.5, 0.6) is 0 Å². The van der Waals surface area contributed by atoms with Crippen molar-refractivity contribution >= 4 is 23.5 Å². The van der Waals surface area contributed by atoms with Crippen LogP contribution in [0.2, 0.25) is 0 Å². The van der Waals surface area contributed by atoms with Gasteiger partial charge in [0, 0.05) is 17.2 Å². The van der Waals surface area contributed by atoms with Gasteiger partial charge < -0.3 is 15.4 Å². The van der Waals surface area contributed by atoms with Crippen LogP contribution in [0.4, 0.5) is 5.69 Å². The Morgan fingerprint density at radius 3 is 2.38 bits per heavy atom. The maximum atomic E-state index is 12.8. The molecular weight excluding hydrogens is 368 g/mol. The van der Waals surface area contributed by atoms with Crippen LogP contribution in [0.25, 0.3) is 0 Å². The predicted molar refractivity (Wildman–Crippen MR) is 110 cm³/mol. The van der Waals surface area contributed by atoms with E-state index in [1.165, 1.54) is 13.5 Å². The molecule has 2 aromatic carbocycles. The van der Waals surface area contributed by atoms with Crippen molar-refractivity contribution < 1.29 is 19.1 Å². The third-order valence-corrected chi connectivity index (χ3v) is 5.21. The Balaban J connectivity index is 1.70. The average Bonchev–Trinajstić information content (AvgIpc) is 2.78. The summed E-state index contributed by atoms with van der Waals surface area (Å²) in [5.41, 5.74) is 1.56. The van der Waals surface area contributed by atoms with Gasteiger partial charge in [0.15, 0.2) is 6.04 Å². The SMILES string of the molecule is COC(=O)C(NC(=O)c1cccc(NC(=O)C2CCCCC2)c1)c1ccccc1. The quantitative estimate of drug-likeness (QED) is 0.729. The second-order valence-electron chi connectivity index (χ2n) is 7.25. The van der Waals surface area contributed by atoms with Gasteiger partial charge >= 0.3 is 5.97 Å². The third kappa shape index (κ3) is 5.44. The van der Waals surface area contributed by atoms with Crippen LogP contribution >= 0.6 is 0 Å². The summed E-state index contributed by atoms with van der Waals surface area (Å²) in [4.78, 5) is 37.4. The van der Waals surface area contributed by atoms with Crippen molar-refractivity contribution in [3.05, 3.63) is 65.7 Å². The molecule has 1 fully saturated rings. The highest BCUT2D eigenvalue weighted by atomic mass is 16.5. The number of amides is 2. The summed E-state index contributed by atoms with van der Waals surface area (Å²) < 4.78 is 4.84. The molecule has 2 N–H and O–H groups in total. The van der Waals surface area contributed by atoms with Gasteiger partial charge in [0.2, 0.25) is 5.91 Å². The van der Waals surface area contributed by atoms with Crippen LogP contribution in [-0.4, -0.2) is 24.9 Å². The minimum absolute atomic E-state index is 0.000944. The van der Waals surface area contributed by atoms with E-state index in [1.54, 1.807) is 48.5 Å². The lowest BCUT2D eigenvalue weighted by Crippen LogP contribution is -2.34. The van der Waals surface area contributed by atoms with E-state index >= 15 is 0 Å². The van der Waals surface area contributed by atoms with Gasteiger partial charge in [-0.15, -0.1) is 0 Å². The Morgan fingerprint density at radius 1 is 0.966 bits per heavy atom. The number of benzene rings is 2. The molecule has 29 heavy (non-hydrogen) atoms. The molecule has 1 aliphatic carbocycles. The largest absolute Gasteiger partial charge is 0.467 e. The van der Waals surface area contributed by atoms with E-state index < -0.39 is 17.9 Å². The summed E-state index contributed by atoms with van der Waals surface area (Å²) in [5.74, 6) is -0.939. The van der Waals surface area contributed by atoms with E-state index in [1.807, 2.05) is 6.07 Å². The number of esters is 1. The first-order valence-corrected chi connectivity index (χ1v) is 9.93. The highest BCUT2D eigenvalue weighted by molar-refractivity contribution is 5.99. The first-order chi connectivity index (χ1) is 14.1. The van der Waals surface area contributed by atoms with E-state index in [4.69, 9.17) is 4.74 Å². The van der Waals surface area contributed by atoms with Crippen LogP contribution < -0.4 is 10.6 Å². The topological polar surface area (TPSA) is 84.5 Å². The zero-order valence-corrected chi connectivity index (χ0v) is 16.5. The molecule has 6 nitrogen and oxygen atoms in total. The number of anilines is 1. The third-order valence-electron chi connectivity index (χ3n) is 5.21. The van der Waals surface area contributed by atoms with Gasteiger partial charge in [0.05, 0.1) is 7.11 Å². The number of nitrogens with one attached hydrogen (secondary N) is 2. The van der Waals surface area contributed by atoms with E-state index in [9.17, 15) is 14.4 Å². The molecular formula is C23H26N2O4. The average molecular weight is 394 g/mol. The Bertz CT molecular complexity index is 860. The molecule has 0 aliphatic heterocycles. The maximum Gasteiger partial charge on any atom is 0.333 e. The van der Waals surface area contributed by atoms with Crippen molar-refractivity contribution in [3.8, 4) is 0 Å². The lowest BCUT2D eigenvalue weighted by molar-refractivity contribution is -0.143. The van der Waals surface area contributed by atoms with Crippen LogP contribution in [-0.2, 0) is 14.3 Å². The molecule has 1 aliphatic rings. The van der Waals surface area contributed by atoms with Crippen LogP contribution in [0.1, 0.15) is 54.1 Å². The Kier molecular flexibility index (Phi) is 7.00. The van der Waals surface area contributed by atoms with Crippen molar-refractivity contribution in [2.24, 2.45) is 5.92 Å². The van der Waals surface area contributed by atoms with Crippen LogP contribution in [0, 0.1) is 5.92 Å². The first kappa shape index (κ1) is 20.6. The number of carbonyl (C=O) groups excluding carboxylic acids is 3. The number of hydrogen-bond donors (Lipinski definition) is 2. The fourth-order valence-electron chi connectivity index (χ4n) is 3.60. The van der Waals surface area contributed by atoms with E-state index in [0.717, 1.165) is 25.7 Å². The molecule has 0 radical (unpaired) electrons. The normalized spacial score (nSPS) is 15.2. The summed E-state index contributed by atoms with van der Waals surface area (Å²) in [7, 11) is 1.28. The Morgan fingerprint density at radius 2 is 1.69 bits per heavy atom. The standard InChI is InChI=1S/C23H26N2O4/c1-29-23(28)20(16-9-4-2-5-10-16)25-22(27)18-13-8-14-19(15-18)24-21(26)17-11-6-3-7-12-17/h2,4-5,8-10,13-15,17,20H,3,6-7,11-12H2,1H3,(H,24,26)(H,25,27). The van der Waals surface area contributed by atoms with Gasteiger partial charge in [-0.25, -0.2) is 4.79 Å². The molecule has 1 atom stereocenters. The van der Waals surface area contributed by atoms with Crippen molar-refractivity contribution in [1.82, 2.24) is 5.32 Å². The van der Waals surface area contributed by atoms with Gasteiger partial charge in [-0.05, 0) is 36.6 Å². The summed E-state index contributed by atoms with van der Waals surface area (Å²) in [5, 5.41) is 5.63. The fraction of sp³-hybridized carbons (Fsp3) is 0.348. The number of hydrogen-bond acceptors (Lipinski definition) is 4. The molecule has 0 aromatic heterocycles. The van der Waals surface area contributed by atoms with Crippen LogP contribution in [0.3, 0.4) is 0 Å². The highest BCUT2D eigenvalue weighted by Crippen LogP contribution is 2.25. The van der Waals surface area contributed by atoms with E-state index in [-0.39, 0.29) is 11.8 Å². The highest BCUT2D eigenvalue weighted by Gasteiger charge is 2.24. The molecule has 0 bridgehead atoms. The number of carbonyl (C=O) groups is 3. The maximum absolute atomic E-state index is 12.8. The smallest absolute Gasteiger partial charge is 0.333 e. The fourth-order valence-corrected chi connectivity index (χ4v) is 3.60. The molecule has 1 unspecified atom stereocenters. The Hall–Kier alpha value is -3.15. The minimum Gasteiger partial charge on any atom is -0.467 e. The lowest BCUT2D eigenvalue weighted by atomic mass is 9.88. The Labute approximate surface area is 170 Å². The van der Waals surface area contributed by atoms with Crippen molar-refractivity contribution in [2.45, 2.75) is 38.1 Å². The second kappa shape index (κ2) is 9.87. The first-order valence-electron chi connectivity index (χ1n) is 9.93. The van der Waals surface area contributed by atoms with Gasteiger partial charge in [0.1, 0.15) is 0 Å². The summed E-state index contributed by atoms with van der Waals surface area (Å²) in [6.07, 6.45) is 5.15. The predicted octanol–water partition coefficient (Wildman–Crippen LogP) is 3.85. The second-order valence-corrected chi connectivity index (χ2v) is 7.25. The summed E-state index contributed by atoms with van der Waals surface area (Å²) in [6.45, 7) is 0. The molecule has 3 rings (SSSR count). The molecule has 0 spiro atoms. The molecule has 2 amide bonds. The van der Waals surface area contributed by atoms with Crippen molar-refractivity contribution in [2.75, 3.05) is 12.4 Å².